The Balaban J connectivity index is 2.33. The lowest BCUT2D eigenvalue weighted by Gasteiger charge is -2.01. The smallest absolute Gasteiger partial charge is 0.161 e. The van der Waals surface area contributed by atoms with Gasteiger partial charge in [-0.05, 0) is 18.6 Å². The molecule has 2 aromatic heterocycles. The third-order valence-corrected chi connectivity index (χ3v) is 4.45. The Kier molecular flexibility index (Phi) is 3.06. The van der Waals surface area contributed by atoms with Crippen molar-refractivity contribution in [3.05, 3.63) is 41.7 Å². The van der Waals surface area contributed by atoms with Gasteiger partial charge in [0.15, 0.2) is 5.82 Å². The van der Waals surface area contributed by atoms with E-state index in [0.717, 1.165) is 26.2 Å². The number of thiophene rings is 1. The van der Waals surface area contributed by atoms with E-state index in [0.29, 0.717) is 11.4 Å². The lowest BCUT2D eigenvalue weighted by Crippen LogP contribution is -2.08. The molecule has 6 heteroatoms. The van der Waals surface area contributed by atoms with Crippen molar-refractivity contribution in [3.8, 4) is 16.5 Å². The van der Waals surface area contributed by atoms with Crippen molar-refractivity contribution in [3.63, 3.8) is 0 Å². The van der Waals surface area contributed by atoms with E-state index in [-0.39, 0.29) is 0 Å². The van der Waals surface area contributed by atoms with Gasteiger partial charge in [-0.15, -0.1) is 11.3 Å². The first-order valence-electron chi connectivity index (χ1n) is 5.96. The zero-order valence-corrected chi connectivity index (χ0v) is 11.5. The molecule has 2 heterocycles. The minimum atomic E-state index is 0.601. The second-order valence-corrected chi connectivity index (χ2v) is 5.28. The summed E-state index contributed by atoms with van der Waals surface area (Å²) < 4.78 is 0.898. The van der Waals surface area contributed by atoms with Crippen molar-refractivity contribution in [2.24, 2.45) is 5.84 Å². The maximum atomic E-state index is 9.24. The number of rotatable bonds is 2. The van der Waals surface area contributed by atoms with Crippen LogP contribution in [0.15, 0.2) is 30.6 Å². The molecule has 0 amide bonds. The average Bonchev–Trinajstić information content (AvgIpc) is 2.84. The number of nitriles is 1. The van der Waals surface area contributed by atoms with E-state index in [1.54, 1.807) is 0 Å². The van der Waals surface area contributed by atoms with Crippen LogP contribution >= 0.6 is 11.3 Å². The summed E-state index contributed by atoms with van der Waals surface area (Å²) in [6.07, 6.45) is 1.48. The van der Waals surface area contributed by atoms with Crippen molar-refractivity contribution in [1.82, 2.24) is 9.97 Å². The molecule has 0 fully saturated rings. The van der Waals surface area contributed by atoms with Crippen LogP contribution in [0.1, 0.15) is 11.1 Å². The Morgan fingerprint density at radius 2 is 2.10 bits per heavy atom. The monoisotopic (exact) mass is 281 g/mol. The first-order valence-corrected chi connectivity index (χ1v) is 6.78. The van der Waals surface area contributed by atoms with Gasteiger partial charge in [0, 0.05) is 10.4 Å². The standard InChI is InChI=1S/C14H11N5S/c1-8-11-13(14(19-16)18-7-17-11)20-12(8)10-5-3-2-4-9(10)6-15/h2-5,7H,16H2,1H3,(H,17,18,19). The summed E-state index contributed by atoms with van der Waals surface area (Å²) in [5.74, 6) is 6.08. The van der Waals surface area contributed by atoms with Crippen molar-refractivity contribution >= 4 is 27.4 Å². The van der Waals surface area contributed by atoms with E-state index < -0.39 is 0 Å². The molecule has 20 heavy (non-hydrogen) atoms. The lowest BCUT2D eigenvalue weighted by atomic mass is 10.0. The van der Waals surface area contributed by atoms with Gasteiger partial charge in [0.2, 0.25) is 0 Å². The third kappa shape index (κ3) is 1.81. The summed E-state index contributed by atoms with van der Waals surface area (Å²) in [7, 11) is 0. The van der Waals surface area contributed by atoms with E-state index >= 15 is 0 Å². The summed E-state index contributed by atoms with van der Waals surface area (Å²) in [4.78, 5) is 9.45. The first kappa shape index (κ1) is 12.5. The highest BCUT2D eigenvalue weighted by atomic mass is 32.1. The van der Waals surface area contributed by atoms with Gasteiger partial charge in [-0.2, -0.15) is 5.26 Å². The van der Waals surface area contributed by atoms with Crippen LogP contribution in [0.5, 0.6) is 0 Å². The molecule has 0 radical (unpaired) electrons. The van der Waals surface area contributed by atoms with Crippen LogP contribution in [0.2, 0.25) is 0 Å². The summed E-state index contributed by atoms with van der Waals surface area (Å²) in [6, 6.07) is 9.76. The van der Waals surface area contributed by atoms with Crippen molar-refractivity contribution in [2.45, 2.75) is 6.92 Å². The van der Waals surface area contributed by atoms with Gasteiger partial charge in [0.1, 0.15) is 6.33 Å². The minimum Gasteiger partial charge on any atom is -0.307 e. The number of hydrogen-bond donors (Lipinski definition) is 2. The molecular weight excluding hydrogens is 270 g/mol. The van der Waals surface area contributed by atoms with Gasteiger partial charge in [-0.3, -0.25) is 0 Å². The van der Waals surface area contributed by atoms with Crippen LogP contribution in [0.3, 0.4) is 0 Å². The molecule has 98 valence electrons. The maximum absolute atomic E-state index is 9.24. The number of nitrogens with two attached hydrogens (primary N) is 1. The Morgan fingerprint density at radius 1 is 1.30 bits per heavy atom. The van der Waals surface area contributed by atoms with Crippen LogP contribution in [-0.2, 0) is 0 Å². The molecule has 1 aromatic carbocycles. The number of hydrazine groups is 1. The lowest BCUT2D eigenvalue weighted by molar-refractivity contribution is 1.18. The molecule has 0 unspecified atom stereocenters. The fourth-order valence-corrected chi connectivity index (χ4v) is 3.41. The van der Waals surface area contributed by atoms with Crippen molar-refractivity contribution in [2.75, 3.05) is 5.43 Å². The second kappa shape index (κ2) is 4.89. The number of benzene rings is 1. The number of nitrogens with zero attached hydrogens (tertiary/aromatic N) is 3. The molecule has 3 N–H and O–H groups in total. The maximum Gasteiger partial charge on any atom is 0.161 e. The molecule has 5 nitrogen and oxygen atoms in total. The Bertz CT molecular complexity index is 831. The normalized spacial score (nSPS) is 10.4. The van der Waals surface area contributed by atoms with Crippen LogP contribution in [0, 0.1) is 18.3 Å². The quantitative estimate of drug-likeness (QED) is 0.557. The summed E-state index contributed by atoms with van der Waals surface area (Å²) in [5.41, 5.74) is 6.05. The number of hydrogen-bond acceptors (Lipinski definition) is 6. The predicted octanol–water partition coefficient (Wildman–Crippen LogP) is 2.82. The third-order valence-electron chi connectivity index (χ3n) is 3.13. The average molecular weight is 281 g/mol. The molecule has 0 aliphatic rings. The fraction of sp³-hybridized carbons (Fsp3) is 0.0714. The van der Waals surface area contributed by atoms with Gasteiger partial charge in [0.05, 0.1) is 21.8 Å². The molecule has 3 rings (SSSR count). The molecule has 0 atom stereocenters. The first-order chi connectivity index (χ1) is 9.76. The van der Waals surface area contributed by atoms with Gasteiger partial charge < -0.3 is 5.43 Å². The number of aromatic nitrogens is 2. The number of anilines is 1. The highest BCUT2D eigenvalue weighted by Crippen LogP contribution is 2.40. The second-order valence-electron chi connectivity index (χ2n) is 4.26. The van der Waals surface area contributed by atoms with Gasteiger partial charge in [-0.1, -0.05) is 18.2 Å². The highest BCUT2D eigenvalue weighted by Gasteiger charge is 2.16. The van der Waals surface area contributed by atoms with Crippen molar-refractivity contribution in [1.29, 1.82) is 5.26 Å². The Labute approximate surface area is 119 Å². The Morgan fingerprint density at radius 3 is 2.85 bits per heavy atom. The predicted molar refractivity (Wildman–Crippen MR) is 80.1 cm³/mol. The number of nitrogens with one attached hydrogen (secondary N) is 1. The van der Waals surface area contributed by atoms with E-state index in [1.807, 2.05) is 31.2 Å². The Hall–Kier alpha value is -2.49. The fourth-order valence-electron chi connectivity index (χ4n) is 2.16. The van der Waals surface area contributed by atoms with Crippen LogP contribution < -0.4 is 11.3 Å². The molecule has 0 saturated carbocycles. The van der Waals surface area contributed by atoms with Gasteiger partial charge in [-0.25, -0.2) is 15.8 Å². The molecule has 0 bridgehead atoms. The van der Waals surface area contributed by atoms with E-state index in [9.17, 15) is 5.26 Å². The summed E-state index contributed by atoms with van der Waals surface area (Å²) in [5, 5.41) is 9.24. The topological polar surface area (TPSA) is 87.6 Å². The summed E-state index contributed by atoms with van der Waals surface area (Å²) >= 11 is 1.54. The van der Waals surface area contributed by atoms with Gasteiger partial charge in [0.25, 0.3) is 0 Å². The van der Waals surface area contributed by atoms with E-state index in [4.69, 9.17) is 5.84 Å². The minimum absolute atomic E-state index is 0.601. The van der Waals surface area contributed by atoms with Crippen LogP contribution in [0.25, 0.3) is 20.7 Å². The molecule has 0 saturated heterocycles. The van der Waals surface area contributed by atoms with E-state index in [2.05, 4.69) is 21.5 Å². The van der Waals surface area contributed by atoms with Gasteiger partial charge >= 0.3 is 0 Å². The van der Waals surface area contributed by atoms with E-state index in [1.165, 1.54) is 17.7 Å². The molecule has 0 aliphatic carbocycles. The number of nitrogen functional groups attached to an aromatic ring is 1. The van der Waals surface area contributed by atoms with Crippen molar-refractivity contribution < 1.29 is 0 Å². The zero-order valence-electron chi connectivity index (χ0n) is 10.7. The van der Waals surface area contributed by atoms with Crippen LogP contribution in [-0.4, -0.2) is 9.97 Å². The summed E-state index contributed by atoms with van der Waals surface area (Å²) in [6.45, 7) is 2.00. The molecular formula is C14H11N5S. The van der Waals surface area contributed by atoms with Crippen LogP contribution in [0.4, 0.5) is 5.82 Å². The molecule has 0 spiro atoms. The SMILES string of the molecule is Cc1c(-c2ccccc2C#N)sc2c(NN)ncnc12. The number of aryl methyl sites for hydroxylation is 1. The molecule has 0 aliphatic heterocycles. The highest BCUT2D eigenvalue weighted by molar-refractivity contribution is 7.23. The zero-order chi connectivity index (χ0) is 14.1. The number of fused-ring (bicyclic) bond motifs is 1. The molecule has 3 aromatic rings. The largest absolute Gasteiger partial charge is 0.307 e.